The second-order valence-corrected chi connectivity index (χ2v) is 6.44. The van der Waals surface area contributed by atoms with Gasteiger partial charge in [-0.3, -0.25) is 4.90 Å². The van der Waals surface area contributed by atoms with Gasteiger partial charge in [0.2, 0.25) is 0 Å². The maximum atomic E-state index is 13.3. The van der Waals surface area contributed by atoms with Crippen LogP contribution < -0.4 is 5.32 Å². The van der Waals surface area contributed by atoms with Crippen LogP contribution in [0.2, 0.25) is 0 Å². The lowest BCUT2D eigenvalue weighted by Crippen LogP contribution is -2.53. The molecule has 128 valence electrons. The molecular weight excluding hydrogens is 305 g/mol. The fourth-order valence-electron chi connectivity index (χ4n) is 3.44. The molecule has 2 heterocycles. The fourth-order valence-corrected chi connectivity index (χ4v) is 3.44. The van der Waals surface area contributed by atoms with Gasteiger partial charge in [-0.15, -0.1) is 0 Å². The van der Waals surface area contributed by atoms with E-state index in [0.29, 0.717) is 18.2 Å². The molecule has 0 amide bonds. The average molecular weight is 328 g/mol. The molecule has 2 aliphatic heterocycles. The van der Waals surface area contributed by atoms with Gasteiger partial charge >= 0.3 is 6.18 Å². The maximum absolute atomic E-state index is 13.3. The number of rotatable bonds is 5. The van der Waals surface area contributed by atoms with Crippen molar-refractivity contribution in [2.24, 2.45) is 0 Å². The molecule has 0 radical (unpaired) electrons. The number of nitrogens with one attached hydrogen (secondary N) is 1. The number of hydrogen-bond acceptors (Lipinski definition) is 3. The van der Waals surface area contributed by atoms with Gasteiger partial charge < -0.3 is 10.1 Å². The summed E-state index contributed by atoms with van der Waals surface area (Å²) in [6, 6.07) is 7.72. The van der Waals surface area contributed by atoms with E-state index in [9.17, 15) is 13.2 Å². The summed E-state index contributed by atoms with van der Waals surface area (Å²) < 4.78 is 45.5. The molecule has 3 rings (SSSR count). The van der Waals surface area contributed by atoms with E-state index in [2.05, 4.69) is 10.2 Å². The van der Waals surface area contributed by atoms with Crippen LogP contribution in [0, 0.1) is 0 Å². The predicted molar refractivity (Wildman–Crippen MR) is 82.3 cm³/mol. The van der Waals surface area contributed by atoms with E-state index >= 15 is 0 Å². The van der Waals surface area contributed by atoms with Crippen LogP contribution in [-0.2, 0) is 11.2 Å². The number of ether oxygens (including phenoxy) is 1. The Labute approximate surface area is 134 Å². The zero-order valence-corrected chi connectivity index (χ0v) is 13.1. The molecule has 2 saturated heterocycles. The van der Waals surface area contributed by atoms with E-state index in [-0.39, 0.29) is 19.1 Å². The van der Waals surface area contributed by atoms with Crippen molar-refractivity contribution in [1.29, 1.82) is 0 Å². The van der Waals surface area contributed by atoms with Crippen LogP contribution >= 0.6 is 0 Å². The fraction of sp³-hybridized carbons (Fsp3) is 0.647. The van der Waals surface area contributed by atoms with Crippen molar-refractivity contribution in [3.63, 3.8) is 0 Å². The lowest BCUT2D eigenvalue weighted by Gasteiger charge is -2.36. The van der Waals surface area contributed by atoms with Crippen LogP contribution in [0.1, 0.15) is 18.4 Å². The van der Waals surface area contributed by atoms with Crippen LogP contribution in [0.4, 0.5) is 13.2 Å². The molecule has 1 N–H and O–H groups in total. The van der Waals surface area contributed by atoms with Gasteiger partial charge in [0.05, 0.1) is 12.7 Å². The highest BCUT2D eigenvalue weighted by Gasteiger charge is 2.40. The van der Waals surface area contributed by atoms with Crippen LogP contribution in [-0.4, -0.2) is 55.5 Å². The van der Waals surface area contributed by atoms with E-state index in [0.717, 1.165) is 25.9 Å². The summed E-state index contributed by atoms with van der Waals surface area (Å²) in [6.07, 6.45) is -2.18. The lowest BCUT2D eigenvalue weighted by atomic mass is 10.1. The quantitative estimate of drug-likeness (QED) is 0.899. The Morgan fingerprint density at radius 1 is 1.26 bits per heavy atom. The molecule has 2 fully saturated rings. The van der Waals surface area contributed by atoms with Gasteiger partial charge in [0.15, 0.2) is 0 Å². The van der Waals surface area contributed by atoms with Gasteiger partial charge in [0.25, 0.3) is 0 Å². The summed E-state index contributed by atoms with van der Waals surface area (Å²) in [4.78, 5) is 2.34. The Kier molecular flexibility index (Phi) is 5.24. The summed E-state index contributed by atoms with van der Waals surface area (Å²) in [5, 5.41) is 2.68. The molecule has 0 aromatic heterocycles. The van der Waals surface area contributed by atoms with Gasteiger partial charge in [0, 0.05) is 19.1 Å². The topological polar surface area (TPSA) is 24.5 Å². The first-order valence-electron chi connectivity index (χ1n) is 8.22. The van der Waals surface area contributed by atoms with Gasteiger partial charge in [-0.05, 0) is 31.4 Å². The summed E-state index contributed by atoms with van der Waals surface area (Å²) in [5.41, 5.74) is 0.687. The SMILES string of the molecule is FC(F)(F)[C@H](Cc1ccccc1)NC[C@H]1CN2CCC[C@H]2CO1. The zero-order valence-electron chi connectivity index (χ0n) is 13.1. The minimum atomic E-state index is -4.26. The van der Waals surface area contributed by atoms with Crippen molar-refractivity contribution in [3.8, 4) is 0 Å². The Morgan fingerprint density at radius 3 is 2.78 bits per heavy atom. The van der Waals surface area contributed by atoms with Gasteiger partial charge in [0.1, 0.15) is 6.04 Å². The molecular formula is C17H23F3N2O. The van der Waals surface area contributed by atoms with E-state index in [4.69, 9.17) is 4.74 Å². The van der Waals surface area contributed by atoms with Gasteiger partial charge in [-0.2, -0.15) is 13.2 Å². The molecule has 1 aromatic rings. The molecule has 1 aromatic carbocycles. The number of hydrogen-bond donors (Lipinski definition) is 1. The second kappa shape index (κ2) is 7.20. The number of fused-ring (bicyclic) bond motifs is 1. The van der Waals surface area contributed by atoms with Crippen molar-refractivity contribution >= 4 is 0 Å². The third-order valence-electron chi connectivity index (χ3n) is 4.73. The smallest absolute Gasteiger partial charge is 0.374 e. The summed E-state index contributed by atoms with van der Waals surface area (Å²) in [5.74, 6) is 0. The first-order chi connectivity index (χ1) is 11.0. The highest BCUT2D eigenvalue weighted by Crippen LogP contribution is 2.25. The molecule has 3 atom stereocenters. The van der Waals surface area contributed by atoms with E-state index < -0.39 is 12.2 Å². The van der Waals surface area contributed by atoms with E-state index in [1.165, 1.54) is 0 Å². The number of nitrogens with zero attached hydrogens (tertiary/aromatic N) is 1. The Hall–Kier alpha value is -1.11. The van der Waals surface area contributed by atoms with Crippen molar-refractivity contribution in [3.05, 3.63) is 35.9 Å². The normalized spacial score (nSPS) is 26.9. The number of alkyl halides is 3. The van der Waals surface area contributed by atoms with E-state index in [1.807, 2.05) is 6.07 Å². The number of morpholine rings is 1. The van der Waals surface area contributed by atoms with Crippen LogP contribution in [0.25, 0.3) is 0 Å². The van der Waals surface area contributed by atoms with Crippen molar-refractivity contribution in [2.75, 3.05) is 26.2 Å². The Bertz CT molecular complexity index is 494. The first-order valence-corrected chi connectivity index (χ1v) is 8.22. The Balaban J connectivity index is 1.54. The number of halogens is 3. The van der Waals surface area contributed by atoms with Crippen LogP contribution in [0.15, 0.2) is 30.3 Å². The first kappa shape index (κ1) is 16.7. The molecule has 6 heteroatoms. The third kappa shape index (κ3) is 4.46. The predicted octanol–water partition coefficient (Wildman–Crippen LogP) is 2.61. The standard InChI is InChI=1S/C17H23F3N2O/c18-17(19,20)16(9-13-5-2-1-3-6-13)21-10-15-11-22-8-4-7-14(22)12-23-15/h1-3,5-6,14-16,21H,4,7-12H2/t14-,15-,16-/m0/s1. The van der Waals surface area contributed by atoms with Gasteiger partial charge in [-0.25, -0.2) is 0 Å². The highest BCUT2D eigenvalue weighted by atomic mass is 19.4. The molecule has 0 aliphatic carbocycles. The Morgan fingerprint density at radius 2 is 2.04 bits per heavy atom. The molecule has 0 saturated carbocycles. The van der Waals surface area contributed by atoms with Crippen LogP contribution in [0.5, 0.6) is 0 Å². The van der Waals surface area contributed by atoms with Crippen molar-refractivity contribution in [2.45, 2.75) is 43.6 Å². The molecule has 0 bridgehead atoms. The van der Waals surface area contributed by atoms with Crippen LogP contribution in [0.3, 0.4) is 0 Å². The molecule has 3 nitrogen and oxygen atoms in total. The zero-order chi connectivity index (χ0) is 16.3. The van der Waals surface area contributed by atoms with E-state index in [1.54, 1.807) is 24.3 Å². The minimum absolute atomic E-state index is 0.0522. The van der Waals surface area contributed by atoms with Gasteiger partial charge in [-0.1, -0.05) is 30.3 Å². The summed E-state index contributed by atoms with van der Waals surface area (Å²) >= 11 is 0. The molecule has 23 heavy (non-hydrogen) atoms. The molecule has 0 unspecified atom stereocenters. The summed E-state index contributed by atoms with van der Waals surface area (Å²) in [6.45, 7) is 2.65. The average Bonchev–Trinajstić information content (AvgIpc) is 2.99. The second-order valence-electron chi connectivity index (χ2n) is 6.44. The van der Waals surface area contributed by atoms with Crippen molar-refractivity contribution in [1.82, 2.24) is 10.2 Å². The van der Waals surface area contributed by atoms with Crippen molar-refractivity contribution < 1.29 is 17.9 Å². The third-order valence-corrected chi connectivity index (χ3v) is 4.73. The lowest BCUT2D eigenvalue weighted by molar-refractivity contribution is -0.158. The maximum Gasteiger partial charge on any atom is 0.404 e. The molecule has 2 aliphatic rings. The number of benzene rings is 1. The highest BCUT2D eigenvalue weighted by molar-refractivity contribution is 5.16. The largest absolute Gasteiger partial charge is 0.404 e. The minimum Gasteiger partial charge on any atom is -0.374 e. The molecule has 0 spiro atoms. The summed E-state index contributed by atoms with van der Waals surface area (Å²) in [7, 11) is 0. The monoisotopic (exact) mass is 328 g/mol.